The summed E-state index contributed by atoms with van der Waals surface area (Å²) in [7, 11) is 3.05. The molecule has 0 radical (unpaired) electrons. The maximum Gasteiger partial charge on any atom is 0.244 e. The fraction of sp³-hybridized carbons (Fsp3) is 0.529. The summed E-state index contributed by atoms with van der Waals surface area (Å²) < 4.78 is 10.3. The Kier molecular flexibility index (Phi) is 8.81. The van der Waals surface area contributed by atoms with Crippen LogP contribution in [0.1, 0.15) is 19.8 Å². The summed E-state index contributed by atoms with van der Waals surface area (Å²) in [6.45, 7) is 2.69. The smallest absolute Gasteiger partial charge is 0.244 e. The summed E-state index contributed by atoms with van der Waals surface area (Å²) in [5, 5.41) is 2.77. The second-order valence-corrected chi connectivity index (χ2v) is 5.36. The largest absolute Gasteiger partial charge is 0.495 e. The van der Waals surface area contributed by atoms with Gasteiger partial charge < -0.3 is 25.4 Å². The van der Waals surface area contributed by atoms with Crippen molar-refractivity contribution in [3.8, 4) is 5.75 Å². The highest BCUT2D eigenvalue weighted by Gasteiger charge is 2.20. The number of benzene rings is 1. The van der Waals surface area contributed by atoms with Crippen LogP contribution in [0, 0.1) is 0 Å². The summed E-state index contributed by atoms with van der Waals surface area (Å²) >= 11 is 0. The van der Waals surface area contributed by atoms with Gasteiger partial charge in [-0.1, -0.05) is 19.1 Å². The molecule has 24 heavy (non-hydrogen) atoms. The molecule has 0 aromatic heterocycles. The average Bonchev–Trinajstić information content (AvgIpc) is 2.59. The number of nitrogens with one attached hydrogen (secondary N) is 1. The molecule has 1 aromatic carbocycles. The molecule has 0 aliphatic heterocycles. The van der Waals surface area contributed by atoms with Crippen molar-refractivity contribution in [1.82, 2.24) is 4.90 Å². The molecule has 0 aliphatic carbocycles. The van der Waals surface area contributed by atoms with E-state index in [0.717, 1.165) is 6.42 Å². The van der Waals surface area contributed by atoms with Gasteiger partial charge in [-0.15, -0.1) is 0 Å². The van der Waals surface area contributed by atoms with Crippen molar-refractivity contribution in [2.24, 2.45) is 5.73 Å². The van der Waals surface area contributed by atoms with Crippen molar-refractivity contribution >= 4 is 17.5 Å². The molecule has 3 N–H and O–H groups in total. The molecule has 2 amide bonds. The zero-order valence-corrected chi connectivity index (χ0v) is 14.6. The predicted octanol–water partition coefficient (Wildman–Crippen LogP) is 1.24. The number of nitrogens with two attached hydrogens (primary N) is 1. The van der Waals surface area contributed by atoms with Gasteiger partial charge in [0.2, 0.25) is 11.8 Å². The minimum atomic E-state index is -0.339. The van der Waals surface area contributed by atoms with Crippen molar-refractivity contribution in [3.63, 3.8) is 0 Å². The molecular weight excluding hydrogens is 310 g/mol. The molecule has 1 atom stereocenters. The first kappa shape index (κ1) is 19.9. The number of ether oxygens (including phenoxy) is 2. The molecule has 0 heterocycles. The van der Waals surface area contributed by atoms with Crippen LogP contribution in [0.3, 0.4) is 0 Å². The SMILES string of the molecule is CCCN(CC(=O)Nc1ccccc1OC)C(=O)CC(CN)OC. The van der Waals surface area contributed by atoms with E-state index in [-0.39, 0.29) is 37.4 Å². The van der Waals surface area contributed by atoms with Gasteiger partial charge >= 0.3 is 0 Å². The van der Waals surface area contributed by atoms with E-state index >= 15 is 0 Å². The van der Waals surface area contributed by atoms with Crippen LogP contribution in [0.5, 0.6) is 5.75 Å². The molecule has 134 valence electrons. The zero-order chi connectivity index (χ0) is 17.9. The van der Waals surface area contributed by atoms with Gasteiger partial charge in [0.25, 0.3) is 0 Å². The van der Waals surface area contributed by atoms with E-state index in [1.54, 1.807) is 18.2 Å². The van der Waals surface area contributed by atoms with Gasteiger partial charge in [0.05, 0.1) is 31.9 Å². The number of methoxy groups -OCH3 is 2. The minimum Gasteiger partial charge on any atom is -0.495 e. The molecule has 1 unspecified atom stereocenters. The highest BCUT2D eigenvalue weighted by atomic mass is 16.5. The molecule has 1 rings (SSSR count). The number of anilines is 1. The normalized spacial score (nSPS) is 11.7. The molecule has 0 aliphatic rings. The second kappa shape index (κ2) is 10.6. The molecular formula is C17H27N3O4. The van der Waals surface area contributed by atoms with E-state index in [1.165, 1.54) is 19.1 Å². The standard InChI is InChI=1S/C17H27N3O4/c1-4-9-20(17(22)10-13(11-18)23-2)12-16(21)19-14-7-5-6-8-15(14)24-3/h5-8,13H,4,9-12,18H2,1-3H3,(H,19,21). The molecule has 0 saturated carbocycles. The fourth-order valence-corrected chi connectivity index (χ4v) is 2.26. The number of carbonyl (C=O) groups excluding carboxylic acids is 2. The summed E-state index contributed by atoms with van der Waals surface area (Å²) in [4.78, 5) is 26.2. The highest BCUT2D eigenvalue weighted by Crippen LogP contribution is 2.22. The Bertz CT molecular complexity index is 532. The van der Waals surface area contributed by atoms with Crippen LogP contribution in [-0.2, 0) is 14.3 Å². The Morgan fingerprint density at radius 3 is 2.58 bits per heavy atom. The lowest BCUT2D eigenvalue weighted by Gasteiger charge is -2.24. The van der Waals surface area contributed by atoms with Gasteiger partial charge in [0, 0.05) is 20.2 Å². The molecule has 0 saturated heterocycles. The van der Waals surface area contributed by atoms with Gasteiger partial charge in [-0.2, -0.15) is 0 Å². The minimum absolute atomic E-state index is 0.0221. The van der Waals surface area contributed by atoms with Gasteiger partial charge in [0.15, 0.2) is 0 Å². The summed E-state index contributed by atoms with van der Waals surface area (Å²) in [6, 6.07) is 7.13. The number of nitrogens with zero attached hydrogens (tertiary/aromatic N) is 1. The third kappa shape index (κ3) is 6.17. The van der Waals surface area contributed by atoms with E-state index in [2.05, 4.69) is 5.32 Å². The maximum absolute atomic E-state index is 12.4. The van der Waals surface area contributed by atoms with Crippen molar-refractivity contribution in [1.29, 1.82) is 0 Å². The van der Waals surface area contributed by atoms with Crippen LogP contribution in [0.2, 0.25) is 0 Å². The predicted molar refractivity (Wildman–Crippen MR) is 93.0 cm³/mol. The van der Waals surface area contributed by atoms with Crippen LogP contribution in [0.25, 0.3) is 0 Å². The van der Waals surface area contributed by atoms with Crippen LogP contribution < -0.4 is 15.8 Å². The number of hydrogen-bond acceptors (Lipinski definition) is 5. The third-order valence-electron chi connectivity index (χ3n) is 3.56. The topological polar surface area (TPSA) is 93.9 Å². The number of hydrogen-bond donors (Lipinski definition) is 2. The van der Waals surface area contributed by atoms with E-state index in [9.17, 15) is 9.59 Å². The van der Waals surface area contributed by atoms with E-state index in [1.807, 2.05) is 13.0 Å². The van der Waals surface area contributed by atoms with Gasteiger partial charge in [-0.3, -0.25) is 9.59 Å². The Morgan fingerprint density at radius 1 is 1.29 bits per heavy atom. The molecule has 7 nitrogen and oxygen atoms in total. The van der Waals surface area contributed by atoms with Gasteiger partial charge in [0.1, 0.15) is 5.75 Å². The lowest BCUT2D eigenvalue weighted by molar-refractivity contribution is -0.136. The Hall–Kier alpha value is -2.12. The fourth-order valence-electron chi connectivity index (χ4n) is 2.26. The van der Waals surface area contributed by atoms with Crippen LogP contribution in [0.15, 0.2) is 24.3 Å². The Morgan fingerprint density at radius 2 is 2.00 bits per heavy atom. The number of para-hydroxylation sites is 2. The summed E-state index contributed by atoms with van der Waals surface area (Å²) in [5.41, 5.74) is 6.13. The molecule has 0 bridgehead atoms. The molecule has 0 fully saturated rings. The van der Waals surface area contributed by atoms with E-state index in [4.69, 9.17) is 15.2 Å². The monoisotopic (exact) mass is 337 g/mol. The van der Waals surface area contributed by atoms with Crippen molar-refractivity contribution < 1.29 is 19.1 Å². The van der Waals surface area contributed by atoms with Crippen LogP contribution >= 0.6 is 0 Å². The average molecular weight is 337 g/mol. The first-order chi connectivity index (χ1) is 11.5. The van der Waals surface area contributed by atoms with Gasteiger partial charge in [-0.05, 0) is 18.6 Å². The molecule has 7 heteroatoms. The third-order valence-corrected chi connectivity index (χ3v) is 3.56. The van der Waals surface area contributed by atoms with Crippen LogP contribution in [0.4, 0.5) is 5.69 Å². The molecule has 0 spiro atoms. The first-order valence-electron chi connectivity index (χ1n) is 7.99. The maximum atomic E-state index is 12.4. The quantitative estimate of drug-likeness (QED) is 0.670. The van der Waals surface area contributed by atoms with Crippen molar-refractivity contribution in [2.45, 2.75) is 25.9 Å². The van der Waals surface area contributed by atoms with Crippen molar-refractivity contribution in [3.05, 3.63) is 24.3 Å². The van der Waals surface area contributed by atoms with Crippen molar-refractivity contribution in [2.75, 3.05) is 39.2 Å². The highest BCUT2D eigenvalue weighted by molar-refractivity contribution is 5.95. The zero-order valence-electron chi connectivity index (χ0n) is 14.6. The summed E-state index contributed by atoms with van der Waals surface area (Å²) in [6.07, 6.45) is 0.581. The number of carbonyl (C=O) groups is 2. The second-order valence-electron chi connectivity index (χ2n) is 5.36. The Balaban J connectivity index is 2.69. The lowest BCUT2D eigenvalue weighted by atomic mass is 10.2. The van der Waals surface area contributed by atoms with E-state index < -0.39 is 0 Å². The van der Waals surface area contributed by atoms with Gasteiger partial charge in [-0.25, -0.2) is 0 Å². The number of amides is 2. The van der Waals surface area contributed by atoms with E-state index in [0.29, 0.717) is 18.0 Å². The first-order valence-corrected chi connectivity index (χ1v) is 7.99. The van der Waals surface area contributed by atoms with Crippen LogP contribution in [-0.4, -0.2) is 56.7 Å². The summed E-state index contributed by atoms with van der Waals surface area (Å²) in [5.74, 6) is 0.147. The lowest BCUT2D eigenvalue weighted by Crippen LogP contribution is -2.41. The number of rotatable bonds is 10. The Labute approximate surface area is 143 Å². The molecule has 1 aromatic rings.